The van der Waals surface area contributed by atoms with E-state index < -0.39 is 0 Å². The van der Waals surface area contributed by atoms with Gasteiger partial charge in [0.1, 0.15) is 0 Å². The number of para-hydroxylation sites is 1. The second-order valence-corrected chi connectivity index (χ2v) is 8.03. The molecule has 0 bridgehead atoms. The molecule has 1 saturated heterocycles. The number of likely N-dealkylation sites (N-methyl/N-ethyl adjacent to an activating group) is 1. The minimum Gasteiger partial charge on any atom is -0.310 e. The molecule has 0 aliphatic carbocycles. The third-order valence-electron chi connectivity index (χ3n) is 4.93. The normalized spacial score (nSPS) is 17.3. The molecule has 6 nitrogen and oxygen atoms in total. The van der Waals surface area contributed by atoms with Crippen molar-refractivity contribution in [1.29, 1.82) is 0 Å². The van der Waals surface area contributed by atoms with E-state index in [1.54, 1.807) is 23.5 Å². The number of rotatable bonds is 7. The lowest BCUT2D eigenvalue weighted by Gasteiger charge is -2.36. The number of hydrogen-bond acceptors (Lipinski definition) is 6. The van der Waals surface area contributed by atoms with Gasteiger partial charge in [-0.2, -0.15) is 0 Å². The molecular weight excluding hydrogens is 348 g/mol. The minimum atomic E-state index is -0.315. The quantitative estimate of drug-likeness (QED) is 0.596. The molecule has 26 heavy (non-hydrogen) atoms. The second-order valence-electron chi connectivity index (χ2n) is 6.86. The van der Waals surface area contributed by atoms with E-state index >= 15 is 0 Å². The summed E-state index contributed by atoms with van der Waals surface area (Å²) in [6, 6.07) is 11.5. The van der Waals surface area contributed by atoms with Gasteiger partial charge >= 0.3 is 0 Å². The number of nitrogens with one attached hydrogen (secondary N) is 1. The maximum absolute atomic E-state index is 11.2. The van der Waals surface area contributed by atoms with Crippen LogP contribution in [0.3, 0.4) is 0 Å². The van der Waals surface area contributed by atoms with Gasteiger partial charge in [-0.05, 0) is 32.2 Å². The lowest BCUT2D eigenvalue weighted by atomic mass is 10.1. The molecule has 1 unspecified atom stereocenters. The van der Waals surface area contributed by atoms with Gasteiger partial charge in [0.15, 0.2) is 0 Å². The zero-order chi connectivity index (χ0) is 18.5. The van der Waals surface area contributed by atoms with Gasteiger partial charge < -0.3 is 10.2 Å². The Labute approximate surface area is 158 Å². The summed E-state index contributed by atoms with van der Waals surface area (Å²) in [7, 11) is 2.17. The van der Waals surface area contributed by atoms with Crippen molar-refractivity contribution in [3.8, 4) is 10.4 Å². The summed E-state index contributed by atoms with van der Waals surface area (Å²) in [4.78, 5) is 17.9. The van der Waals surface area contributed by atoms with Gasteiger partial charge in [-0.25, -0.2) is 0 Å². The SMILES string of the molecule is CC(CNCc1ccc(-c2ccccc2[N+](=O)[O-])s1)N1CCN(C)CC1. The van der Waals surface area contributed by atoms with Crippen LogP contribution < -0.4 is 5.32 Å². The largest absolute Gasteiger partial charge is 0.310 e. The summed E-state index contributed by atoms with van der Waals surface area (Å²) in [5.74, 6) is 0. The molecular formula is C19H26N4O2S. The molecule has 1 atom stereocenters. The number of hydrogen-bond donors (Lipinski definition) is 1. The number of thiophene rings is 1. The maximum atomic E-state index is 11.2. The van der Waals surface area contributed by atoms with Crippen LogP contribution in [0.2, 0.25) is 0 Å². The van der Waals surface area contributed by atoms with Crippen molar-refractivity contribution in [3.63, 3.8) is 0 Å². The second kappa shape index (κ2) is 8.73. The molecule has 7 heteroatoms. The van der Waals surface area contributed by atoms with Gasteiger partial charge in [0.05, 0.1) is 10.5 Å². The number of nitro groups is 1. The lowest BCUT2D eigenvalue weighted by molar-refractivity contribution is -0.384. The standard InChI is InChI=1S/C19H26N4O2S/c1-15(22-11-9-21(2)10-12-22)13-20-14-16-7-8-19(26-16)17-5-3-4-6-18(17)23(24)25/h3-8,15,20H,9-14H2,1-2H3. The van der Waals surface area contributed by atoms with Crippen LogP contribution in [-0.2, 0) is 6.54 Å². The molecule has 1 fully saturated rings. The summed E-state index contributed by atoms with van der Waals surface area (Å²) < 4.78 is 0. The van der Waals surface area contributed by atoms with Crippen molar-refractivity contribution < 1.29 is 4.92 Å². The van der Waals surface area contributed by atoms with Crippen molar-refractivity contribution in [1.82, 2.24) is 15.1 Å². The fourth-order valence-electron chi connectivity index (χ4n) is 3.25. The zero-order valence-electron chi connectivity index (χ0n) is 15.4. The first kappa shape index (κ1) is 19.0. The third-order valence-corrected chi connectivity index (χ3v) is 6.05. The van der Waals surface area contributed by atoms with E-state index in [9.17, 15) is 10.1 Å². The number of benzene rings is 1. The monoisotopic (exact) mass is 374 g/mol. The number of nitrogens with zero attached hydrogens (tertiary/aromatic N) is 3. The van der Waals surface area contributed by atoms with Crippen LogP contribution in [0, 0.1) is 10.1 Å². The zero-order valence-corrected chi connectivity index (χ0v) is 16.2. The number of piperazine rings is 1. The van der Waals surface area contributed by atoms with Gasteiger partial charge in [-0.3, -0.25) is 15.0 Å². The maximum Gasteiger partial charge on any atom is 0.278 e. The number of nitro benzene ring substituents is 1. The van der Waals surface area contributed by atoms with E-state index in [1.807, 2.05) is 18.2 Å². The fourth-order valence-corrected chi connectivity index (χ4v) is 4.27. The molecule has 140 valence electrons. The van der Waals surface area contributed by atoms with Crippen LogP contribution in [0.1, 0.15) is 11.8 Å². The third kappa shape index (κ3) is 4.67. The van der Waals surface area contributed by atoms with Crippen molar-refractivity contribution >= 4 is 17.0 Å². The van der Waals surface area contributed by atoms with Gasteiger partial charge in [0.2, 0.25) is 0 Å². The highest BCUT2D eigenvalue weighted by Crippen LogP contribution is 2.34. The predicted octanol–water partition coefficient (Wildman–Crippen LogP) is 3.05. The first-order valence-electron chi connectivity index (χ1n) is 9.00. The van der Waals surface area contributed by atoms with Crippen molar-refractivity contribution in [2.45, 2.75) is 19.5 Å². The molecule has 1 N–H and O–H groups in total. The highest BCUT2D eigenvalue weighted by Gasteiger charge is 2.19. The molecule has 0 radical (unpaired) electrons. The molecule has 0 amide bonds. The molecule has 1 aromatic carbocycles. The molecule has 2 heterocycles. The Bertz CT molecular complexity index is 741. The highest BCUT2D eigenvalue weighted by atomic mass is 32.1. The fraction of sp³-hybridized carbons (Fsp3) is 0.474. The van der Waals surface area contributed by atoms with Gasteiger partial charge in [-0.15, -0.1) is 11.3 Å². The van der Waals surface area contributed by atoms with E-state index in [0.717, 1.165) is 44.1 Å². The summed E-state index contributed by atoms with van der Waals surface area (Å²) in [5.41, 5.74) is 0.858. The molecule has 3 rings (SSSR count). The van der Waals surface area contributed by atoms with Crippen LogP contribution >= 0.6 is 11.3 Å². The molecule has 2 aromatic rings. The van der Waals surface area contributed by atoms with Crippen molar-refractivity contribution in [2.75, 3.05) is 39.8 Å². The molecule has 0 spiro atoms. The first-order valence-corrected chi connectivity index (χ1v) is 9.82. The summed E-state index contributed by atoms with van der Waals surface area (Å²) in [6.07, 6.45) is 0. The average molecular weight is 375 g/mol. The Hall–Kier alpha value is -1.80. The van der Waals surface area contributed by atoms with Crippen LogP contribution in [0.15, 0.2) is 36.4 Å². The van der Waals surface area contributed by atoms with E-state index in [1.165, 1.54) is 4.88 Å². The first-order chi connectivity index (χ1) is 12.5. The van der Waals surface area contributed by atoms with Gasteiger partial charge in [-0.1, -0.05) is 12.1 Å². The minimum absolute atomic E-state index is 0.164. The average Bonchev–Trinajstić information content (AvgIpc) is 3.11. The smallest absolute Gasteiger partial charge is 0.278 e. The topological polar surface area (TPSA) is 61.7 Å². The lowest BCUT2D eigenvalue weighted by Crippen LogP contribution is -2.50. The summed E-state index contributed by atoms with van der Waals surface area (Å²) in [6.45, 7) is 8.53. The Morgan fingerprint density at radius 1 is 1.19 bits per heavy atom. The van der Waals surface area contributed by atoms with Crippen LogP contribution in [0.4, 0.5) is 5.69 Å². The van der Waals surface area contributed by atoms with Gasteiger partial charge in [0.25, 0.3) is 5.69 Å². The molecule has 0 saturated carbocycles. The van der Waals surface area contributed by atoms with E-state index in [-0.39, 0.29) is 10.6 Å². The van der Waals surface area contributed by atoms with E-state index in [4.69, 9.17) is 0 Å². The molecule has 1 aliphatic heterocycles. The molecule has 1 aliphatic rings. The van der Waals surface area contributed by atoms with E-state index in [2.05, 4.69) is 35.2 Å². The highest BCUT2D eigenvalue weighted by molar-refractivity contribution is 7.15. The van der Waals surface area contributed by atoms with Crippen LogP contribution in [0.25, 0.3) is 10.4 Å². The van der Waals surface area contributed by atoms with Crippen molar-refractivity contribution in [2.24, 2.45) is 0 Å². The molecule has 1 aromatic heterocycles. The Morgan fingerprint density at radius 2 is 1.92 bits per heavy atom. The Balaban J connectivity index is 1.54. The Kier molecular flexibility index (Phi) is 6.37. The van der Waals surface area contributed by atoms with Gasteiger partial charge in [0, 0.05) is 61.1 Å². The van der Waals surface area contributed by atoms with Crippen LogP contribution in [-0.4, -0.2) is 60.5 Å². The van der Waals surface area contributed by atoms with Crippen LogP contribution in [0.5, 0.6) is 0 Å². The summed E-state index contributed by atoms with van der Waals surface area (Å²) in [5, 5.41) is 14.7. The van der Waals surface area contributed by atoms with E-state index in [0.29, 0.717) is 11.6 Å². The van der Waals surface area contributed by atoms with Crippen molar-refractivity contribution in [3.05, 3.63) is 51.4 Å². The predicted molar refractivity (Wildman–Crippen MR) is 107 cm³/mol. The Morgan fingerprint density at radius 3 is 2.65 bits per heavy atom. The summed E-state index contributed by atoms with van der Waals surface area (Å²) >= 11 is 1.62.